The molecule has 0 unspecified atom stereocenters. The van der Waals surface area contributed by atoms with Crippen molar-refractivity contribution in [1.82, 2.24) is 15.1 Å². The minimum absolute atomic E-state index is 0.464. The Balaban J connectivity index is 1.40. The summed E-state index contributed by atoms with van der Waals surface area (Å²) in [4.78, 5) is 2.15. The molecule has 2 heterocycles. The second-order valence-electron chi connectivity index (χ2n) is 6.03. The topological polar surface area (TPSA) is 62.4 Å². The van der Waals surface area contributed by atoms with Crippen molar-refractivity contribution >= 4 is 15.9 Å². The van der Waals surface area contributed by atoms with Crippen molar-refractivity contribution in [3.05, 3.63) is 34.6 Å². The second kappa shape index (κ2) is 4.90. The van der Waals surface area contributed by atoms with Crippen LogP contribution >= 0.6 is 15.9 Å². The fourth-order valence-electron chi connectivity index (χ4n) is 2.94. The van der Waals surface area contributed by atoms with Crippen LogP contribution in [0.2, 0.25) is 0 Å². The molecule has 21 heavy (non-hydrogen) atoms. The molecule has 1 N–H and O–H groups in total. The van der Waals surface area contributed by atoms with Crippen molar-refractivity contribution in [2.45, 2.75) is 25.0 Å². The quantitative estimate of drug-likeness (QED) is 0.918. The number of benzene rings is 1. The number of likely N-dealkylation sites (tertiary alicyclic amines) is 1. The minimum Gasteiger partial charge on any atom is -0.419 e. The standard InChI is InChI=1S/C15H16BrN3O2/c16-12-5-1-10(2-6-12)14-18-17-13(21-14)7-19-8-15(20,9-19)11-3-4-11/h1-2,5-6,11,20H,3-4,7-9H2. The van der Waals surface area contributed by atoms with E-state index in [9.17, 15) is 5.11 Å². The van der Waals surface area contributed by atoms with Crippen LogP contribution < -0.4 is 0 Å². The van der Waals surface area contributed by atoms with E-state index in [0.717, 1.165) is 10.0 Å². The average molecular weight is 350 g/mol. The molecule has 0 radical (unpaired) electrons. The molecule has 110 valence electrons. The van der Waals surface area contributed by atoms with E-state index in [4.69, 9.17) is 4.42 Å². The Bertz CT molecular complexity index is 645. The minimum atomic E-state index is -0.464. The normalized spacial score (nSPS) is 21.2. The van der Waals surface area contributed by atoms with Gasteiger partial charge in [-0.2, -0.15) is 0 Å². The van der Waals surface area contributed by atoms with E-state index >= 15 is 0 Å². The van der Waals surface area contributed by atoms with Gasteiger partial charge in [0.25, 0.3) is 0 Å². The molecular formula is C15H16BrN3O2. The number of β-amino-alcohol motifs (C(OH)–C–C–N with tert-alkyl or cyclic N) is 1. The maximum atomic E-state index is 10.3. The first-order valence-corrected chi connectivity index (χ1v) is 7.95. The first-order chi connectivity index (χ1) is 10.1. The number of hydrogen-bond donors (Lipinski definition) is 1. The Morgan fingerprint density at radius 3 is 2.62 bits per heavy atom. The zero-order chi connectivity index (χ0) is 14.4. The molecule has 2 aromatic rings. The fraction of sp³-hybridized carbons (Fsp3) is 0.467. The number of hydrogen-bond acceptors (Lipinski definition) is 5. The summed E-state index contributed by atoms with van der Waals surface area (Å²) in [5.74, 6) is 1.65. The van der Waals surface area contributed by atoms with Crippen LogP contribution in [0, 0.1) is 5.92 Å². The summed E-state index contributed by atoms with van der Waals surface area (Å²) in [6, 6.07) is 7.78. The van der Waals surface area contributed by atoms with E-state index in [1.54, 1.807) is 0 Å². The van der Waals surface area contributed by atoms with Gasteiger partial charge in [0, 0.05) is 23.1 Å². The van der Waals surface area contributed by atoms with Crippen LogP contribution in [0.3, 0.4) is 0 Å². The molecule has 2 aliphatic rings. The highest BCUT2D eigenvalue weighted by atomic mass is 79.9. The monoisotopic (exact) mass is 349 g/mol. The highest BCUT2D eigenvalue weighted by Crippen LogP contribution is 2.44. The molecule has 4 rings (SSSR count). The molecule has 0 atom stereocenters. The molecule has 0 spiro atoms. The smallest absolute Gasteiger partial charge is 0.247 e. The fourth-order valence-corrected chi connectivity index (χ4v) is 3.20. The van der Waals surface area contributed by atoms with Crippen molar-refractivity contribution in [2.24, 2.45) is 5.92 Å². The van der Waals surface area contributed by atoms with Gasteiger partial charge >= 0.3 is 0 Å². The molecule has 1 saturated carbocycles. The number of nitrogens with zero attached hydrogens (tertiary/aromatic N) is 3. The molecule has 0 amide bonds. The lowest BCUT2D eigenvalue weighted by molar-refractivity contribution is -0.118. The van der Waals surface area contributed by atoms with E-state index in [1.807, 2.05) is 24.3 Å². The van der Waals surface area contributed by atoms with Crippen molar-refractivity contribution in [2.75, 3.05) is 13.1 Å². The van der Waals surface area contributed by atoms with Crippen LogP contribution in [0.5, 0.6) is 0 Å². The van der Waals surface area contributed by atoms with Gasteiger partial charge in [-0.3, -0.25) is 4.90 Å². The average Bonchev–Trinajstić information content (AvgIpc) is 3.19. The van der Waals surface area contributed by atoms with Crippen molar-refractivity contribution in [3.63, 3.8) is 0 Å². The van der Waals surface area contributed by atoms with Crippen LogP contribution in [0.4, 0.5) is 0 Å². The predicted octanol–water partition coefficient (Wildman–Crippen LogP) is 2.46. The van der Waals surface area contributed by atoms with E-state index in [2.05, 4.69) is 31.0 Å². The third kappa shape index (κ3) is 2.63. The van der Waals surface area contributed by atoms with Crippen LogP contribution in [0.15, 0.2) is 33.2 Å². The third-order valence-electron chi connectivity index (χ3n) is 4.25. The molecule has 1 aliphatic carbocycles. The Kier molecular flexibility index (Phi) is 3.13. The zero-order valence-electron chi connectivity index (χ0n) is 11.5. The molecular weight excluding hydrogens is 334 g/mol. The van der Waals surface area contributed by atoms with Gasteiger partial charge in [-0.15, -0.1) is 10.2 Å². The highest BCUT2D eigenvalue weighted by Gasteiger charge is 2.51. The number of aromatic nitrogens is 2. The van der Waals surface area contributed by atoms with Crippen molar-refractivity contribution in [3.8, 4) is 11.5 Å². The third-order valence-corrected chi connectivity index (χ3v) is 4.78. The molecule has 1 saturated heterocycles. The first kappa shape index (κ1) is 13.4. The van der Waals surface area contributed by atoms with Gasteiger partial charge in [0.05, 0.1) is 12.1 Å². The molecule has 1 aromatic carbocycles. The van der Waals surface area contributed by atoms with E-state index < -0.39 is 5.60 Å². The van der Waals surface area contributed by atoms with Gasteiger partial charge in [0.2, 0.25) is 11.8 Å². The molecule has 2 fully saturated rings. The lowest BCUT2D eigenvalue weighted by atomic mass is 9.89. The van der Waals surface area contributed by atoms with Gasteiger partial charge in [-0.05, 0) is 43.0 Å². The summed E-state index contributed by atoms with van der Waals surface area (Å²) in [7, 11) is 0. The predicted molar refractivity (Wildman–Crippen MR) is 80.4 cm³/mol. The van der Waals surface area contributed by atoms with Gasteiger partial charge < -0.3 is 9.52 Å². The second-order valence-corrected chi connectivity index (χ2v) is 6.95. The number of aliphatic hydroxyl groups is 1. The van der Waals surface area contributed by atoms with E-state index in [1.165, 1.54) is 12.8 Å². The van der Waals surface area contributed by atoms with Crippen molar-refractivity contribution in [1.29, 1.82) is 0 Å². The number of rotatable bonds is 4. The molecule has 1 aromatic heterocycles. The molecule has 0 bridgehead atoms. The summed E-state index contributed by atoms with van der Waals surface area (Å²) in [5, 5.41) is 18.5. The highest BCUT2D eigenvalue weighted by molar-refractivity contribution is 9.10. The Morgan fingerprint density at radius 1 is 1.24 bits per heavy atom. The Hall–Kier alpha value is -1.24. The lowest BCUT2D eigenvalue weighted by Crippen LogP contribution is -2.62. The number of halogens is 1. The van der Waals surface area contributed by atoms with Crippen LogP contribution in [0.25, 0.3) is 11.5 Å². The SMILES string of the molecule is OC1(C2CC2)CN(Cc2nnc(-c3ccc(Br)cc3)o2)C1. The van der Waals surface area contributed by atoms with Gasteiger partial charge in [-0.25, -0.2) is 0 Å². The summed E-state index contributed by atoms with van der Waals surface area (Å²) in [6.07, 6.45) is 2.33. The molecule has 5 nitrogen and oxygen atoms in total. The zero-order valence-corrected chi connectivity index (χ0v) is 13.1. The van der Waals surface area contributed by atoms with Crippen LogP contribution in [-0.4, -0.2) is 38.9 Å². The summed E-state index contributed by atoms with van der Waals surface area (Å²) in [6.45, 7) is 2.04. The Morgan fingerprint density at radius 2 is 1.95 bits per heavy atom. The summed E-state index contributed by atoms with van der Waals surface area (Å²) < 4.78 is 6.72. The van der Waals surface area contributed by atoms with Gasteiger partial charge in [0.1, 0.15) is 0 Å². The summed E-state index contributed by atoms with van der Waals surface area (Å²) >= 11 is 3.40. The molecule has 6 heteroatoms. The maximum absolute atomic E-state index is 10.3. The first-order valence-electron chi connectivity index (χ1n) is 7.15. The maximum Gasteiger partial charge on any atom is 0.247 e. The molecule has 1 aliphatic heterocycles. The van der Waals surface area contributed by atoms with Crippen molar-refractivity contribution < 1.29 is 9.52 Å². The lowest BCUT2D eigenvalue weighted by Gasteiger charge is -2.46. The van der Waals surface area contributed by atoms with E-state index in [0.29, 0.717) is 37.3 Å². The van der Waals surface area contributed by atoms with Gasteiger partial charge in [-0.1, -0.05) is 15.9 Å². The Labute approximate surface area is 131 Å². The summed E-state index contributed by atoms with van der Waals surface area (Å²) in [5.41, 5.74) is 0.448. The van der Waals surface area contributed by atoms with Crippen LogP contribution in [0.1, 0.15) is 18.7 Å². The van der Waals surface area contributed by atoms with E-state index in [-0.39, 0.29) is 0 Å². The largest absolute Gasteiger partial charge is 0.419 e. The van der Waals surface area contributed by atoms with Crippen LogP contribution in [-0.2, 0) is 6.54 Å². The van der Waals surface area contributed by atoms with Gasteiger partial charge in [0.15, 0.2) is 0 Å².